The van der Waals surface area contributed by atoms with Gasteiger partial charge in [-0.15, -0.1) is 0 Å². The van der Waals surface area contributed by atoms with Crippen LogP contribution >= 0.6 is 0 Å². The van der Waals surface area contributed by atoms with Crippen molar-refractivity contribution in [1.29, 1.82) is 0 Å². The van der Waals surface area contributed by atoms with Crippen molar-refractivity contribution in [3.05, 3.63) is 0 Å². The number of nitrogens with zero attached hydrogens (tertiary/aromatic N) is 1. The fourth-order valence-electron chi connectivity index (χ4n) is 5.70. The highest BCUT2D eigenvalue weighted by molar-refractivity contribution is 5.75. The van der Waals surface area contributed by atoms with Gasteiger partial charge in [0.15, 0.2) is 12.6 Å². The number of aliphatic hydroxyl groups is 6. The molecule has 3 fully saturated rings. The van der Waals surface area contributed by atoms with Gasteiger partial charge in [0.25, 0.3) is 0 Å². The molecule has 2 heterocycles. The number of rotatable bonds is 14. The van der Waals surface area contributed by atoms with Crippen LogP contribution in [0.1, 0.15) is 25.7 Å². The SMILES string of the molecule is NCCN(O)C(=O)C[C@@H]1C[C@H](N)[C@@H](O[C@H]2O[C@H](CNCCCO)[C@@H](O)C[C@H]2N)[C@H](O)[C@H]1O[C@H]1O[C@H](CO)[C@@H](O)[C@H](N)[C@H]1O. The first kappa shape index (κ1) is 36.3. The highest BCUT2D eigenvalue weighted by Crippen LogP contribution is 2.36. The molecule has 43 heavy (non-hydrogen) atoms. The Balaban J connectivity index is 1.79. The summed E-state index contributed by atoms with van der Waals surface area (Å²) in [6, 6.07) is -2.91. The van der Waals surface area contributed by atoms with Gasteiger partial charge >= 0.3 is 0 Å². The van der Waals surface area contributed by atoms with Crippen molar-refractivity contribution in [2.75, 3.05) is 39.4 Å². The fraction of sp³-hybridized carbons (Fsp3) is 0.960. The van der Waals surface area contributed by atoms with Gasteiger partial charge in [-0.1, -0.05) is 0 Å². The second-order valence-corrected chi connectivity index (χ2v) is 11.4. The van der Waals surface area contributed by atoms with Crippen molar-refractivity contribution in [2.45, 2.75) is 105 Å². The Morgan fingerprint density at radius 2 is 1.58 bits per heavy atom. The second kappa shape index (κ2) is 16.9. The van der Waals surface area contributed by atoms with Crippen molar-refractivity contribution in [3.8, 4) is 0 Å². The van der Waals surface area contributed by atoms with E-state index in [1.54, 1.807) is 0 Å². The highest BCUT2D eigenvalue weighted by atomic mass is 16.7. The van der Waals surface area contributed by atoms with Gasteiger partial charge in [0.05, 0.1) is 43.5 Å². The number of nitrogens with two attached hydrogens (primary N) is 4. The maximum atomic E-state index is 12.7. The normalized spacial score (nSPS) is 42.1. The topological polar surface area (TPSA) is 315 Å². The molecule has 0 spiro atoms. The van der Waals surface area contributed by atoms with Gasteiger partial charge in [0, 0.05) is 32.2 Å². The molecule has 2 aliphatic heterocycles. The van der Waals surface area contributed by atoms with Crippen LogP contribution < -0.4 is 28.3 Å². The molecule has 3 rings (SSSR count). The van der Waals surface area contributed by atoms with Crippen LogP contribution in [-0.2, 0) is 23.7 Å². The lowest BCUT2D eigenvalue weighted by atomic mass is 9.77. The average molecular weight is 627 g/mol. The van der Waals surface area contributed by atoms with Crippen molar-refractivity contribution >= 4 is 5.91 Å². The number of hydrogen-bond acceptors (Lipinski definition) is 17. The van der Waals surface area contributed by atoms with Crippen LogP contribution in [0.2, 0.25) is 0 Å². The minimum atomic E-state index is -1.57. The highest BCUT2D eigenvalue weighted by Gasteiger charge is 2.51. The summed E-state index contributed by atoms with van der Waals surface area (Å²) >= 11 is 0. The van der Waals surface area contributed by atoms with E-state index in [4.69, 9.17) is 47.0 Å². The zero-order chi connectivity index (χ0) is 31.8. The maximum Gasteiger partial charge on any atom is 0.246 e. The predicted octanol–water partition coefficient (Wildman–Crippen LogP) is -6.43. The number of ether oxygens (including phenoxy) is 4. The smallest absolute Gasteiger partial charge is 0.246 e. The lowest BCUT2D eigenvalue weighted by molar-refractivity contribution is -0.320. The maximum absolute atomic E-state index is 12.7. The Labute approximate surface area is 249 Å². The van der Waals surface area contributed by atoms with Crippen LogP contribution in [0.15, 0.2) is 0 Å². The van der Waals surface area contributed by atoms with E-state index in [1.165, 1.54) is 0 Å². The predicted molar refractivity (Wildman–Crippen MR) is 147 cm³/mol. The van der Waals surface area contributed by atoms with Crippen LogP contribution in [0.25, 0.3) is 0 Å². The number of nitrogens with one attached hydrogen (secondary N) is 1. The molecule has 1 aliphatic carbocycles. The largest absolute Gasteiger partial charge is 0.396 e. The summed E-state index contributed by atoms with van der Waals surface area (Å²) in [4.78, 5) is 12.7. The van der Waals surface area contributed by atoms with Crippen LogP contribution in [0, 0.1) is 5.92 Å². The number of amides is 1. The summed E-state index contributed by atoms with van der Waals surface area (Å²) < 4.78 is 23.5. The van der Waals surface area contributed by atoms with E-state index in [0.717, 1.165) is 0 Å². The molecule has 1 saturated carbocycles. The Morgan fingerprint density at radius 1 is 0.907 bits per heavy atom. The van der Waals surface area contributed by atoms with Gasteiger partial charge in [-0.25, -0.2) is 5.06 Å². The van der Waals surface area contributed by atoms with Crippen LogP contribution in [0.5, 0.6) is 0 Å². The molecule has 2 saturated heterocycles. The lowest BCUT2D eigenvalue weighted by Gasteiger charge is -2.48. The molecule has 18 nitrogen and oxygen atoms in total. The zero-order valence-electron chi connectivity index (χ0n) is 24.1. The standard InChI is InChI=1S/C25H50N6O12/c26-2-4-31(39)17(35)7-11-6-12(27)23(43-24-13(28)8-14(34)15(40-24)9-30-3-1-5-32)21(38)22(11)42-25-20(37)18(29)19(36)16(10-33)41-25/h11-16,18-25,30,32-34,36-39H,1-10,26-29H2/t11-,12-,13+,14-,15+,16+,18-,19+,20+,21+,22-,23+,24+,25+/m0/s1. The van der Waals surface area contributed by atoms with E-state index in [-0.39, 0.29) is 45.5 Å². The summed E-state index contributed by atoms with van der Waals surface area (Å²) in [5, 5.41) is 75.0. The van der Waals surface area contributed by atoms with Gasteiger partial charge in [-0.3, -0.25) is 10.0 Å². The second-order valence-electron chi connectivity index (χ2n) is 11.4. The van der Waals surface area contributed by atoms with Crippen molar-refractivity contribution in [3.63, 3.8) is 0 Å². The average Bonchev–Trinajstić information content (AvgIpc) is 2.97. The van der Waals surface area contributed by atoms with Gasteiger partial charge in [-0.05, 0) is 31.7 Å². The molecular formula is C25H50N6O12. The molecule has 0 aromatic rings. The van der Waals surface area contributed by atoms with E-state index in [1.807, 2.05) is 0 Å². The molecule has 0 aromatic heterocycles. The molecule has 0 unspecified atom stereocenters. The molecule has 252 valence electrons. The molecule has 16 N–H and O–H groups in total. The number of aliphatic hydroxyl groups excluding tert-OH is 6. The Kier molecular flexibility index (Phi) is 14.3. The number of hydroxylamine groups is 2. The van der Waals surface area contributed by atoms with Gasteiger partial charge in [0.2, 0.25) is 5.91 Å². The summed E-state index contributed by atoms with van der Waals surface area (Å²) in [6.45, 7) is -0.0154. The summed E-state index contributed by atoms with van der Waals surface area (Å²) in [5.41, 5.74) is 24.0. The van der Waals surface area contributed by atoms with Gasteiger partial charge < -0.3 is 77.8 Å². The molecular weight excluding hydrogens is 576 g/mol. The zero-order valence-corrected chi connectivity index (χ0v) is 24.1. The lowest BCUT2D eigenvalue weighted by Crippen LogP contribution is -2.66. The number of carbonyl (C=O) groups is 1. The Bertz CT molecular complexity index is 851. The van der Waals surface area contributed by atoms with Crippen molar-refractivity contribution in [1.82, 2.24) is 10.4 Å². The van der Waals surface area contributed by atoms with E-state index < -0.39 is 98.0 Å². The molecule has 0 aromatic carbocycles. The van der Waals surface area contributed by atoms with E-state index >= 15 is 0 Å². The first-order chi connectivity index (χ1) is 20.4. The third-order valence-electron chi connectivity index (χ3n) is 8.18. The van der Waals surface area contributed by atoms with E-state index in [9.17, 15) is 35.5 Å². The fourth-order valence-corrected chi connectivity index (χ4v) is 5.70. The molecule has 18 heteroatoms. The third kappa shape index (κ3) is 9.19. The summed E-state index contributed by atoms with van der Waals surface area (Å²) in [6.07, 6.45) is -12.0. The monoisotopic (exact) mass is 626 g/mol. The van der Waals surface area contributed by atoms with Crippen molar-refractivity contribution < 1.29 is 59.6 Å². The number of carbonyl (C=O) groups excluding carboxylic acids is 1. The molecule has 14 atom stereocenters. The van der Waals surface area contributed by atoms with Crippen LogP contribution in [-0.4, -0.2) is 166 Å². The van der Waals surface area contributed by atoms with Crippen molar-refractivity contribution in [2.24, 2.45) is 28.9 Å². The first-order valence-corrected chi connectivity index (χ1v) is 14.7. The Hall–Kier alpha value is -1.17. The molecule has 3 aliphatic rings. The van der Waals surface area contributed by atoms with Gasteiger partial charge in [-0.2, -0.15) is 0 Å². The minimum Gasteiger partial charge on any atom is -0.396 e. The van der Waals surface area contributed by atoms with E-state index in [0.29, 0.717) is 18.0 Å². The molecule has 0 bridgehead atoms. The third-order valence-corrected chi connectivity index (χ3v) is 8.18. The number of hydrogen-bond donors (Lipinski definition) is 12. The first-order valence-electron chi connectivity index (χ1n) is 14.7. The van der Waals surface area contributed by atoms with E-state index in [2.05, 4.69) is 5.32 Å². The van der Waals surface area contributed by atoms with Gasteiger partial charge in [0.1, 0.15) is 30.5 Å². The Morgan fingerprint density at radius 3 is 2.23 bits per heavy atom. The summed E-state index contributed by atoms with van der Waals surface area (Å²) in [7, 11) is 0. The molecule has 0 radical (unpaired) electrons. The van der Waals surface area contributed by atoms with Crippen LogP contribution in [0.4, 0.5) is 0 Å². The minimum absolute atomic E-state index is 0.00402. The summed E-state index contributed by atoms with van der Waals surface area (Å²) in [5.74, 6) is -1.53. The quantitative estimate of drug-likeness (QED) is 0.0484. The van der Waals surface area contributed by atoms with Crippen LogP contribution in [0.3, 0.4) is 0 Å². The molecule has 1 amide bonds.